The molecule has 1 aliphatic heterocycles. The van der Waals surface area contributed by atoms with Gasteiger partial charge < -0.3 is 9.88 Å². The van der Waals surface area contributed by atoms with Gasteiger partial charge in [0.05, 0.1) is 11.3 Å². The number of amides is 1. The molecule has 3 aromatic heterocycles. The number of pyridine rings is 1. The lowest BCUT2D eigenvalue weighted by Gasteiger charge is -2.25. The van der Waals surface area contributed by atoms with Gasteiger partial charge in [-0.2, -0.15) is 5.10 Å². The van der Waals surface area contributed by atoms with Crippen molar-refractivity contribution in [3.05, 3.63) is 35.2 Å². The number of hydrogen-bond donors (Lipinski definition) is 1. The maximum absolute atomic E-state index is 12.7. The van der Waals surface area contributed by atoms with Gasteiger partial charge in [0.1, 0.15) is 11.6 Å². The van der Waals surface area contributed by atoms with Crippen molar-refractivity contribution in [1.82, 2.24) is 34.8 Å². The van der Waals surface area contributed by atoms with Crippen LogP contribution in [0, 0.1) is 6.92 Å². The third-order valence-electron chi connectivity index (χ3n) is 4.80. The Morgan fingerprint density at radius 1 is 1.40 bits per heavy atom. The minimum Gasteiger partial charge on any atom is -0.347 e. The number of carbonyl (C=O) groups excluding carboxylic acids is 1. The molecule has 4 rings (SSSR count). The van der Waals surface area contributed by atoms with Crippen molar-refractivity contribution >= 4 is 16.9 Å². The zero-order valence-corrected chi connectivity index (χ0v) is 14.7. The van der Waals surface area contributed by atoms with Crippen LogP contribution in [0.4, 0.5) is 0 Å². The van der Waals surface area contributed by atoms with Crippen LogP contribution in [0.25, 0.3) is 11.0 Å². The van der Waals surface area contributed by atoms with Crippen molar-refractivity contribution in [3.8, 4) is 0 Å². The van der Waals surface area contributed by atoms with Crippen LogP contribution in [0.1, 0.15) is 41.0 Å². The number of hydrogen-bond acceptors (Lipinski definition) is 5. The Kier molecular flexibility index (Phi) is 3.74. The number of rotatable bonds is 3. The van der Waals surface area contributed by atoms with Crippen LogP contribution in [0.2, 0.25) is 0 Å². The predicted octanol–water partition coefficient (Wildman–Crippen LogP) is 1.18. The first-order valence-corrected chi connectivity index (χ1v) is 8.58. The molecule has 1 amide bonds. The molecule has 3 aromatic rings. The Balaban J connectivity index is 1.53. The van der Waals surface area contributed by atoms with Crippen LogP contribution in [0.5, 0.6) is 0 Å². The van der Waals surface area contributed by atoms with Crippen molar-refractivity contribution in [2.75, 3.05) is 0 Å². The fourth-order valence-corrected chi connectivity index (χ4v) is 3.46. The monoisotopic (exact) mass is 339 g/mol. The van der Waals surface area contributed by atoms with E-state index in [1.165, 1.54) is 0 Å². The van der Waals surface area contributed by atoms with Gasteiger partial charge >= 0.3 is 0 Å². The van der Waals surface area contributed by atoms with Gasteiger partial charge in [-0.05, 0) is 19.4 Å². The van der Waals surface area contributed by atoms with Crippen LogP contribution in [-0.2, 0) is 26.4 Å². The van der Waals surface area contributed by atoms with Crippen LogP contribution in [0.15, 0.2) is 12.3 Å². The molecule has 130 valence electrons. The van der Waals surface area contributed by atoms with Crippen molar-refractivity contribution in [1.29, 1.82) is 0 Å². The van der Waals surface area contributed by atoms with E-state index in [2.05, 4.69) is 37.1 Å². The average Bonchev–Trinajstić information content (AvgIpc) is 3.15. The molecule has 1 atom stereocenters. The Bertz CT molecular complexity index is 942. The second-order valence-electron chi connectivity index (χ2n) is 6.51. The Labute approximate surface area is 145 Å². The van der Waals surface area contributed by atoms with Gasteiger partial charge in [0.15, 0.2) is 5.65 Å². The molecule has 4 heterocycles. The molecule has 0 radical (unpaired) electrons. The largest absolute Gasteiger partial charge is 0.347 e. The molecular weight excluding hydrogens is 318 g/mol. The highest BCUT2D eigenvalue weighted by Crippen LogP contribution is 2.18. The summed E-state index contributed by atoms with van der Waals surface area (Å²) in [5.41, 5.74) is 2.22. The third-order valence-corrected chi connectivity index (χ3v) is 4.80. The summed E-state index contributed by atoms with van der Waals surface area (Å²) in [5, 5.41) is 16.8. The van der Waals surface area contributed by atoms with Gasteiger partial charge in [0.25, 0.3) is 5.91 Å². The molecule has 0 spiro atoms. The quantitative estimate of drug-likeness (QED) is 0.774. The molecule has 0 aliphatic carbocycles. The van der Waals surface area contributed by atoms with Crippen LogP contribution < -0.4 is 5.32 Å². The summed E-state index contributed by atoms with van der Waals surface area (Å²) in [6, 6.07) is 1.94. The molecule has 0 saturated heterocycles. The van der Waals surface area contributed by atoms with E-state index < -0.39 is 0 Å². The van der Waals surface area contributed by atoms with Crippen molar-refractivity contribution < 1.29 is 4.79 Å². The van der Waals surface area contributed by atoms with Gasteiger partial charge in [0, 0.05) is 44.1 Å². The summed E-state index contributed by atoms with van der Waals surface area (Å²) in [5.74, 6) is 1.89. The minimum absolute atomic E-state index is 0.0759. The Morgan fingerprint density at radius 2 is 2.24 bits per heavy atom. The smallest absolute Gasteiger partial charge is 0.253 e. The maximum Gasteiger partial charge on any atom is 0.253 e. The summed E-state index contributed by atoms with van der Waals surface area (Å²) in [6.07, 6.45) is 4.16. The van der Waals surface area contributed by atoms with Crippen LogP contribution in [0.3, 0.4) is 0 Å². The zero-order chi connectivity index (χ0) is 17.6. The van der Waals surface area contributed by atoms with E-state index in [1.807, 2.05) is 20.0 Å². The minimum atomic E-state index is -0.0998. The van der Waals surface area contributed by atoms with Gasteiger partial charge in [-0.3, -0.25) is 9.48 Å². The maximum atomic E-state index is 12.7. The number of nitrogens with zero attached hydrogens (tertiary/aromatic N) is 6. The first kappa shape index (κ1) is 15.7. The Hall–Kier alpha value is -2.77. The summed E-state index contributed by atoms with van der Waals surface area (Å²) in [7, 11) is 1.85. The van der Waals surface area contributed by atoms with E-state index in [9.17, 15) is 4.79 Å². The topological polar surface area (TPSA) is 90.5 Å². The predicted molar refractivity (Wildman–Crippen MR) is 92.2 cm³/mol. The van der Waals surface area contributed by atoms with Crippen molar-refractivity contribution in [3.63, 3.8) is 0 Å². The standard InChI is InChI=1S/C17H21N7O/c1-4-14-20-21-15-6-5-12(9-24(14)15)19-17(25)11-7-13-10(2)22-23(3)16(13)18-8-11/h7-8,12H,4-6,9H2,1-3H3,(H,19,25)/t12-/m0/s1. The molecule has 8 heteroatoms. The molecule has 0 unspecified atom stereocenters. The lowest BCUT2D eigenvalue weighted by molar-refractivity contribution is 0.0927. The van der Waals surface area contributed by atoms with Gasteiger partial charge in [0.2, 0.25) is 0 Å². The van der Waals surface area contributed by atoms with E-state index in [1.54, 1.807) is 10.9 Å². The molecule has 1 aliphatic rings. The normalized spacial score (nSPS) is 16.8. The average molecular weight is 339 g/mol. The molecule has 25 heavy (non-hydrogen) atoms. The van der Waals surface area contributed by atoms with Crippen molar-refractivity contribution in [2.24, 2.45) is 7.05 Å². The van der Waals surface area contributed by atoms with Gasteiger partial charge in [-0.1, -0.05) is 6.92 Å². The molecule has 0 fully saturated rings. The fourth-order valence-electron chi connectivity index (χ4n) is 3.46. The molecule has 0 aromatic carbocycles. The lowest BCUT2D eigenvalue weighted by atomic mass is 10.1. The highest BCUT2D eigenvalue weighted by Gasteiger charge is 2.24. The number of nitrogens with one attached hydrogen (secondary N) is 1. The molecular formula is C17H21N7O. The van der Waals surface area contributed by atoms with Crippen molar-refractivity contribution in [2.45, 2.75) is 45.7 Å². The van der Waals surface area contributed by atoms with E-state index in [-0.39, 0.29) is 11.9 Å². The van der Waals surface area contributed by atoms with E-state index >= 15 is 0 Å². The third kappa shape index (κ3) is 2.67. The van der Waals surface area contributed by atoms with E-state index in [0.717, 1.165) is 54.2 Å². The Morgan fingerprint density at radius 3 is 3.04 bits per heavy atom. The first-order valence-electron chi connectivity index (χ1n) is 8.58. The summed E-state index contributed by atoms with van der Waals surface area (Å²) in [4.78, 5) is 17.0. The zero-order valence-electron chi connectivity index (χ0n) is 14.7. The number of aryl methyl sites for hydroxylation is 4. The number of carbonyl (C=O) groups is 1. The highest BCUT2D eigenvalue weighted by molar-refractivity contribution is 5.97. The van der Waals surface area contributed by atoms with Gasteiger partial charge in [-0.25, -0.2) is 4.98 Å². The molecule has 0 bridgehead atoms. The van der Waals surface area contributed by atoms with Gasteiger partial charge in [-0.15, -0.1) is 10.2 Å². The molecule has 1 N–H and O–H groups in total. The second kappa shape index (κ2) is 5.94. The fraction of sp³-hybridized carbons (Fsp3) is 0.471. The molecule has 8 nitrogen and oxygen atoms in total. The van der Waals surface area contributed by atoms with E-state index in [4.69, 9.17) is 0 Å². The number of aromatic nitrogens is 6. The summed E-state index contributed by atoms with van der Waals surface area (Å²) in [6.45, 7) is 4.71. The summed E-state index contributed by atoms with van der Waals surface area (Å²) < 4.78 is 3.86. The summed E-state index contributed by atoms with van der Waals surface area (Å²) >= 11 is 0. The lowest BCUT2D eigenvalue weighted by Crippen LogP contribution is -2.41. The SMILES string of the molecule is CCc1nnc2n1C[C@@H](NC(=O)c1cnc3c(c1)c(C)nn3C)CC2. The highest BCUT2D eigenvalue weighted by atomic mass is 16.1. The van der Waals surface area contributed by atoms with E-state index in [0.29, 0.717) is 5.56 Å². The second-order valence-corrected chi connectivity index (χ2v) is 6.51. The molecule has 0 saturated carbocycles. The first-order chi connectivity index (χ1) is 12.1. The van der Waals surface area contributed by atoms with Crippen LogP contribution in [-0.4, -0.2) is 41.5 Å². The van der Waals surface area contributed by atoms with Crippen LogP contribution >= 0.6 is 0 Å². The number of fused-ring (bicyclic) bond motifs is 2.